The Bertz CT molecular complexity index is 3300. The first kappa shape index (κ1) is 33.9. The van der Waals surface area contributed by atoms with Crippen LogP contribution < -0.4 is 0 Å². The zero-order valence-corrected chi connectivity index (χ0v) is 33.4. The molecule has 2 aromatic heterocycles. The van der Waals surface area contributed by atoms with Crippen LogP contribution in [0.4, 0.5) is 0 Å². The molecule has 59 heavy (non-hydrogen) atoms. The van der Waals surface area contributed by atoms with Crippen molar-refractivity contribution in [2.45, 2.75) is 33.6 Å². The average molecular weight is 756 g/mol. The van der Waals surface area contributed by atoms with E-state index in [4.69, 9.17) is 4.98 Å². The molecule has 280 valence electrons. The van der Waals surface area contributed by atoms with Gasteiger partial charge in [-0.25, -0.2) is 4.98 Å². The van der Waals surface area contributed by atoms with Crippen LogP contribution in [0.25, 0.3) is 89.1 Å². The Labute approximate surface area is 344 Å². The van der Waals surface area contributed by atoms with Gasteiger partial charge in [0.15, 0.2) is 0 Å². The van der Waals surface area contributed by atoms with Crippen molar-refractivity contribution >= 4 is 21.8 Å². The molecule has 10 aromatic rings. The SMILES string of the molecule is Cc1c(-c2ccc3c(c2)-c2ccccc2C3)c(C)c(-n2ccnc2-c2ccccc2)c(C)c1-c1ccc2c(c1)-c1cc(-n3c4ccccc4c4ccccc43)ccc1C2. The van der Waals surface area contributed by atoms with E-state index in [-0.39, 0.29) is 0 Å². The van der Waals surface area contributed by atoms with Crippen LogP contribution in [0.15, 0.2) is 170 Å². The molecular weight excluding hydrogens is 715 g/mol. The van der Waals surface area contributed by atoms with Crippen LogP contribution in [0.5, 0.6) is 0 Å². The highest BCUT2D eigenvalue weighted by Crippen LogP contribution is 2.47. The quantitative estimate of drug-likeness (QED) is 0.172. The van der Waals surface area contributed by atoms with Gasteiger partial charge in [-0.15, -0.1) is 0 Å². The summed E-state index contributed by atoms with van der Waals surface area (Å²) in [5.74, 6) is 0.945. The van der Waals surface area contributed by atoms with E-state index in [0.29, 0.717) is 0 Å². The molecule has 2 heterocycles. The molecule has 0 aliphatic heterocycles. The first-order valence-electron chi connectivity index (χ1n) is 20.7. The van der Waals surface area contributed by atoms with Crippen LogP contribution in [-0.2, 0) is 12.8 Å². The summed E-state index contributed by atoms with van der Waals surface area (Å²) in [6.07, 6.45) is 5.99. The van der Waals surface area contributed by atoms with Crippen molar-refractivity contribution in [3.05, 3.63) is 209 Å². The summed E-state index contributed by atoms with van der Waals surface area (Å²) in [6.45, 7) is 6.95. The number of hydrogen-bond acceptors (Lipinski definition) is 1. The number of imidazole rings is 1. The second kappa shape index (κ2) is 12.9. The molecule has 0 saturated carbocycles. The van der Waals surface area contributed by atoms with Gasteiger partial charge in [-0.2, -0.15) is 0 Å². The minimum atomic E-state index is 0.937. The number of aromatic nitrogens is 3. The summed E-state index contributed by atoms with van der Waals surface area (Å²) in [6, 6.07) is 58.5. The summed E-state index contributed by atoms with van der Waals surface area (Å²) in [5, 5.41) is 2.56. The molecule has 12 rings (SSSR count). The lowest BCUT2D eigenvalue weighted by atomic mass is 9.83. The van der Waals surface area contributed by atoms with Crippen LogP contribution >= 0.6 is 0 Å². The fourth-order valence-corrected chi connectivity index (χ4v) is 10.6. The third-order valence-corrected chi connectivity index (χ3v) is 13.2. The van der Waals surface area contributed by atoms with E-state index in [9.17, 15) is 0 Å². The average Bonchev–Trinajstić information content (AvgIpc) is 4.06. The number of fused-ring (bicyclic) bond motifs is 9. The smallest absolute Gasteiger partial charge is 0.144 e. The van der Waals surface area contributed by atoms with Crippen molar-refractivity contribution in [2.24, 2.45) is 0 Å². The van der Waals surface area contributed by atoms with Crippen LogP contribution in [0.3, 0.4) is 0 Å². The Balaban J connectivity index is 1.07. The minimum Gasteiger partial charge on any atom is -0.309 e. The van der Waals surface area contributed by atoms with Gasteiger partial charge in [-0.05, 0) is 153 Å². The Morgan fingerprint density at radius 3 is 1.63 bits per heavy atom. The fourth-order valence-electron chi connectivity index (χ4n) is 10.6. The van der Waals surface area contributed by atoms with Gasteiger partial charge in [0.2, 0.25) is 0 Å². The van der Waals surface area contributed by atoms with Crippen molar-refractivity contribution in [2.75, 3.05) is 0 Å². The van der Waals surface area contributed by atoms with Crippen LogP contribution in [0, 0.1) is 20.8 Å². The van der Waals surface area contributed by atoms with Crippen LogP contribution in [0.2, 0.25) is 0 Å². The Hall–Kier alpha value is -7.23. The highest BCUT2D eigenvalue weighted by Gasteiger charge is 2.27. The van der Waals surface area contributed by atoms with E-state index in [1.165, 1.54) is 117 Å². The molecule has 0 saturated heterocycles. The van der Waals surface area contributed by atoms with Gasteiger partial charge in [0.05, 0.1) is 16.7 Å². The fraction of sp³-hybridized carbons (Fsp3) is 0.0893. The summed E-state index contributed by atoms with van der Waals surface area (Å²) in [7, 11) is 0. The maximum absolute atomic E-state index is 4.94. The minimum absolute atomic E-state index is 0.937. The molecule has 3 heteroatoms. The van der Waals surface area contributed by atoms with E-state index < -0.39 is 0 Å². The predicted molar refractivity (Wildman–Crippen MR) is 245 cm³/mol. The highest BCUT2D eigenvalue weighted by atomic mass is 15.1. The van der Waals surface area contributed by atoms with Gasteiger partial charge in [-0.3, -0.25) is 4.57 Å². The molecule has 0 unspecified atom stereocenters. The number of hydrogen-bond donors (Lipinski definition) is 0. The number of rotatable bonds is 5. The van der Waals surface area contributed by atoms with Crippen molar-refractivity contribution in [1.29, 1.82) is 0 Å². The van der Waals surface area contributed by atoms with E-state index in [0.717, 1.165) is 24.2 Å². The molecule has 0 N–H and O–H groups in total. The number of benzene rings is 8. The summed E-state index contributed by atoms with van der Waals surface area (Å²) in [4.78, 5) is 4.94. The van der Waals surface area contributed by atoms with Gasteiger partial charge in [0, 0.05) is 34.4 Å². The maximum atomic E-state index is 4.94. The second-order valence-electron chi connectivity index (χ2n) is 16.4. The molecule has 0 amide bonds. The lowest BCUT2D eigenvalue weighted by molar-refractivity contribution is 1.03. The lowest BCUT2D eigenvalue weighted by Crippen LogP contribution is -2.07. The third-order valence-electron chi connectivity index (χ3n) is 13.2. The molecular formula is C56H41N3. The number of para-hydroxylation sites is 2. The van der Waals surface area contributed by atoms with Crippen LogP contribution in [0.1, 0.15) is 38.9 Å². The molecule has 0 bridgehead atoms. The van der Waals surface area contributed by atoms with Gasteiger partial charge in [-0.1, -0.05) is 121 Å². The molecule has 0 fully saturated rings. The van der Waals surface area contributed by atoms with Crippen molar-refractivity contribution in [3.63, 3.8) is 0 Å². The van der Waals surface area contributed by atoms with Gasteiger partial charge in [0.1, 0.15) is 5.82 Å². The zero-order valence-electron chi connectivity index (χ0n) is 33.4. The highest BCUT2D eigenvalue weighted by molar-refractivity contribution is 6.09. The number of nitrogens with zero attached hydrogens (tertiary/aromatic N) is 3. The van der Waals surface area contributed by atoms with Gasteiger partial charge >= 0.3 is 0 Å². The largest absolute Gasteiger partial charge is 0.309 e. The first-order chi connectivity index (χ1) is 29.0. The molecule has 0 spiro atoms. The third kappa shape index (κ3) is 5.04. The topological polar surface area (TPSA) is 22.8 Å². The van der Waals surface area contributed by atoms with Crippen molar-refractivity contribution in [1.82, 2.24) is 14.1 Å². The van der Waals surface area contributed by atoms with E-state index in [1.54, 1.807) is 0 Å². The Morgan fingerprint density at radius 2 is 0.966 bits per heavy atom. The van der Waals surface area contributed by atoms with E-state index in [2.05, 4.69) is 194 Å². The second-order valence-corrected chi connectivity index (χ2v) is 16.4. The van der Waals surface area contributed by atoms with E-state index in [1.807, 2.05) is 6.20 Å². The van der Waals surface area contributed by atoms with Crippen molar-refractivity contribution < 1.29 is 0 Å². The standard InChI is InChI=1S/C56H41N3/c1-34-53(42-23-21-39-29-38-15-7-8-16-45(38)48(39)31-42)35(2)55(58-28-27-57-56(58)37-13-5-4-6-14-37)36(3)54(34)43-24-22-40-30-41-25-26-44(33-50(41)49(40)32-43)59-51-19-11-9-17-46(51)47-18-10-12-20-52(47)59/h4-28,31-33H,29-30H2,1-3H3. The monoisotopic (exact) mass is 755 g/mol. The normalized spacial score (nSPS) is 12.5. The molecule has 8 aromatic carbocycles. The predicted octanol–water partition coefficient (Wildman–Crippen LogP) is 14.0. The molecule has 2 aliphatic carbocycles. The Kier molecular flexibility index (Phi) is 7.40. The first-order valence-corrected chi connectivity index (χ1v) is 20.7. The zero-order chi connectivity index (χ0) is 39.4. The maximum Gasteiger partial charge on any atom is 0.144 e. The summed E-state index contributed by atoms with van der Waals surface area (Å²) >= 11 is 0. The summed E-state index contributed by atoms with van der Waals surface area (Å²) < 4.78 is 4.75. The van der Waals surface area contributed by atoms with Crippen molar-refractivity contribution in [3.8, 4) is 67.3 Å². The van der Waals surface area contributed by atoms with Gasteiger partial charge in [0.25, 0.3) is 0 Å². The van der Waals surface area contributed by atoms with E-state index >= 15 is 0 Å². The summed E-state index contributed by atoms with van der Waals surface area (Å²) in [5.41, 5.74) is 25.7. The molecule has 2 aliphatic rings. The van der Waals surface area contributed by atoms with Gasteiger partial charge < -0.3 is 4.57 Å². The molecule has 0 radical (unpaired) electrons. The van der Waals surface area contributed by atoms with Crippen LogP contribution in [-0.4, -0.2) is 14.1 Å². The molecule has 3 nitrogen and oxygen atoms in total. The Morgan fingerprint density at radius 1 is 0.441 bits per heavy atom. The molecule has 0 atom stereocenters. The lowest BCUT2D eigenvalue weighted by Gasteiger charge is -2.25.